The Kier molecular flexibility index (Phi) is 1.62. The lowest BCUT2D eigenvalue weighted by Gasteiger charge is -1.93. The highest BCUT2D eigenvalue weighted by Crippen LogP contribution is 2.28. The van der Waals surface area contributed by atoms with Crippen LogP contribution in [0.25, 0.3) is 0 Å². The molecule has 0 aromatic carbocycles. The van der Waals surface area contributed by atoms with Gasteiger partial charge in [-0.2, -0.15) is 0 Å². The standard InChI is InChI=1S/C6H10O2S/c1-2-5-9(7,8)6-3-4-6/h2,6H,1,3-5H2. The molecule has 0 spiro atoms. The third-order valence-electron chi connectivity index (χ3n) is 1.38. The molecule has 0 N–H and O–H groups in total. The fourth-order valence-electron chi connectivity index (χ4n) is 0.728. The summed E-state index contributed by atoms with van der Waals surface area (Å²) < 4.78 is 21.8. The van der Waals surface area contributed by atoms with Crippen molar-refractivity contribution in [3.05, 3.63) is 12.7 Å². The minimum Gasteiger partial charge on any atom is -0.228 e. The third-order valence-corrected chi connectivity index (χ3v) is 3.57. The molecule has 0 heterocycles. The van der Waals surface area contributed by atoms with Gasteiger partial charge in [-0.05, 0) is 12.8 Å². The molecule has 1 aliphatic carbocycles. The van der Waals surface area contributed by atoms with E-state index in [0.29, 0.717) is 0 Å². The van der Waals surface area contributed by atoms with Crippen molar-refractivity contribution in [1.82, 2.24) is 0 Å². The van der Waals surface area contributed by atoms with Gasteiger partial charge in [0, 0.05) is 0 Å². The van der Waals surface area contributed by atoms with Crippen LogP contribution in [0, 0.1) is 0 Å². The van der Waals surface area contributed by atoms with Crippen molar-refractivity contribution < 1.29 is 8.42 Å². The highest BCUT2D eigenvalue weighted by molar-refractivity contribution is 7.92. The van der Waals surface area contributed by atoms with Gasteiger partial charge in [0.25, 0.3) is 0 Å². The maximum absolute atomic E-state index is 10.9. The SMILES string of the molecule is C=CCS(=O)(=O)C1CC1. The summed E-state index contributed by atoms with van der Waals surface area (Å²) in [5.74, 6) is 0.150. The second kappa shape index (κ2) is 2.14. The maximum Gasteiger partial charge on any atom is 0.156 e. The zero-order chi connectivity index (χ0) is 6.91. The summed E-state index contributed by atoms with van der Waals surface area (Å²) in [7, 11) is -2.76. The minimum atomic E-state index is -2.76. The van der Waals surface area contributed by atoms with Gasteiger partial charge in [0.05, 0.1) is 11.0 Å². The molecule has 0 atom stereocenters. The normalized spacial score (nSPS) is 19.6. The van der Waals surface area contributed by atoms with E-state index < -0.39 is 9.84 Å². The van der Waals surface area contributed by atoms with Crippen molar-refractivity contribution in [2.45, 2.75) is 18.1 Å². The van der Waals surface area contributed by atoms with E-state index in [4.69, 9.17) is 0 Å². The van der Waals surface area contributed by atoms with Gasteiger partial charge in [0.15, 0.2) is 9.84 Å². The topological polar surface area (TPSA) is 34.1 Å². The second-order valence-corrected chi connectivity index (χ2v) is 4.64. The van der Waals surface area contributed by atoms with Crippen LogP contribution in [0.15, 0.2) is 12.7 Å². The fraction of sp³-hybridized carbons (Fsp3) is 0.667. The van der Waals surface area contributed by atoms with Gasteiger partial charge < -0.3 is 0 Å². The van der Waals surface area contributed by atoms with Crippen molar-refractivity contribution in [3.8, 4) is 0 Å². The number of hydrogen-bond donors (Lipinski definition) is 0. The van der Waals surface area contributed by atoms with Gasteiger partial charge in [-0.3, -0.25) is 0 Å². The average Bonchev–Trinajstić information content (AvgIpc) is 2.41. The molecule has 0 bridgehead atoms. The lowest BCUT2D eigenvalue weighted by atomic mass is 10.8. The Bertz CT molecular complexity index is 199. The quantitative estimate of drug-likeness (QED) is 0.550. The highest BCUT2D eigenvalue weighted by atomic mass is 32.2. The first-order chi connectivity index (χ1) is 4.17. The summed E-state index contributed by atoms with van der Waals surface area (Å²) >= 11 is 0. The minimum absolute atomic E-state index is 0.0319. The molecule has 9 heavy (non-hydrogen) atoms. The first-order valence-corrected chi connectivity index (χ1v) is 4.71. The van der Waals surface area contributed by atoms with Gasteiger partial charge in [0.1, 0.15) is 0 Å². The Labute approximate surface area is 55.5 Å². The van der Waals surface area contributed by atoms with Crippen LogP contribution < -0.4 is 0 Å². The van der Waals surface area contributed by atoms with Crippen molar-refractivity contribution in [1.29, 1.82) is 0 Å². The zero-order valence-electron chi connectivity index (χ0n) is 5.21. The van der Waals surface area contributed by atoms with Gasteiger partial charge in [-0.15, -0.1) is 6.58 Å². The van der Waals surface area contributed by atoms with Crippen LogP contribution in [-0.4, -0.2) is 19.4 Å². The molecule has 0 aromatic heterocycles. The summed E-state index contributed by atoms with van der Waals surface area (Å²) in [6.45, 7) is 3.38. The molecule has 0 aliphatic heterocycles. The van der Waals surface area contributed by atoms with Crippen molar-refractivity contribution in [3.63, 3.8) is 0 Å². The molecular weight excluding hydrogens is 136 g/mol. The van der Waals surface area contributed by atoms with Gasteiger partial charge in [-0.1, -0.05) is 6.08 Å². The van der Waals surface area contributed by atoms with Gasteiger partial charge >= 0.3 is 0 Å². The second-order valence-electron chi connectivity index (χ2n) is 2.32. The monoisotopic (exact) mass is 146 g/mol. The van der Waals surface area contributed by atoms with Crippen molar-refractivity contribution in [2.24, 2.45) is 0 Å². The van der Waals surface area contributed by atoms with E-state index in [1.165, 1.54) is 6.08 Å². The largest absolute Gasteiger partial charge is 0.228 e. The van der Waals surface area contributed by atoms with Crippen molar-refractivity contribution in [2.75, 3.05) is 5.75 Å². The molecule has 1 saturated carbocycles. The highest BCUT2D eigenvalue weighted by Gasteiger charge is 2.34. The van der Waals surface area contributed by atoms with Gasteiger partial charge in [-0.25, -0.2) is 8.42 Å². The first kappa shape index (κ1) is 6.81. The van der Waals surface area contributed by atoms with Gasteiger partial charge in [0.2, 0.25) is 0 Å². The van der Waals surface area contributed by atoms with Crippen LogP contribution in [0.3, 0.4) is 0 Å². The number of hydrogen-bond acceptors (Lipinski definition) is 2. The molecule has 1 rings (SSSR count). The van der Waals surface area contributed by atoms with E-state index in [-0.39, 0.29) is 11.0 Å². The van der Waals surface area contributed by atoms with Crippen LogP contribution in [0.4, 0.5) is 0 Å². The lowest BCUT2D eigenvalue weighted by Crippen LogP contribution is -2.08. The molecular formula is C6H10O2S. The summed E-state index contributed by atoms with van der Waals surface area (Å²) in [5, 5.41) is -0.0319. The van der Waals surface area contributed by atoms with Crippen LogP contribution in [-0.2, 0) is 9.84 Å². The van der Waals surface area contributed by atoms with Crippen LogP contribution in [0.1, 0.15) is 12.8 Å². The Hall–Kier alpha value is -0.310. The maximum atomic E-state index is 10.9. The van der Waals surface area contributed by atoms with E-state index in [9.17, 15) is 8.42 Å². The van der Waals surface area contributed by atoms with Crippen molar-refractivity contribution >= 4 is 9.84 Å². The molecule has 0 saturated heterocycles. The molecule has 0 unspecified atom stereocenters. The molecule has 0 radical (unpaired) electrons. The third kappa shape index (κ3) is 1.55. The molecule has 3 heteroatoms. The van der Waals surface area contributed by atoms with E-state index in [2.05, 4.69) is 6.58 Å². The lowest BCUT2D eigenvalue weighted by molar-refractivity contribution is 0.598. The number of rotatable bonds is 3. The first-order valence-electron chi connectivity index (χ1n) is 2.99. The summed E-state index contributed by atoms with van der Waals surface area (Å²) in [4.78, 5) is 0. The van der Waals surface area contributed by atoms with Crippen LogP contribution in [0.5, 0.6) is 0 Å². The van der Waals surface area contributed by atoms with Crippen LogP contribution >= 0.6 is 0 Å². The molecule has 0 amide bonds. The molecule has 1 fully saturated rings. The van der Waals surface area contributed by atoms with E-state index in [1.807, 2.05) is 0 Å². The van der Waals surface area contributed by atoms with E-state index >= 15 is 0 Å². The Morgan fingerprint density at radius 2 is 2.11 bits per heavy atom. The summed E-state index contributed by atoms with van der Waals surface area (Å²) in [6.07, 6.45) is 3.17. The summed E-state index contributed by atoms with van der Waals surface area (Å²) in [6, 6.07) is 0. The number of sulfone groups is 1. The average molecular weight is 146 g/mol. The van der Waals surface area contributed by atoms with E-state index in [0.717, 1.165) is 12.8 Å². The predicted octanol–water partition coefficient (Wildman–Crippen LogP) is 0.750. The Balaban J connectivity index is 2.60. The summed E-state index contributed by atoms with van der Waals surface area (Å²) in [5.41, 5.74) is 0. The van der Waals surface area contributed by atoms with Crippen LogP contribution in [0.2, 0.25) is 0 Å². The molecule has 0 aromatic rings. The fourth-order valence-corrected chi connectivity index (χ4v) is 2.18. The molecule has 1 aliphatic rings. The zero-order valence-corrected chi connectivity index (χ0v) is 6.02. The Morgan fingerprint density at radius 1 is 1.56 bits per heavy atom. The molecule has 52 valence electrons. The predicted molar refractivity (Wildman–Crippen MR) is 37.0 cm³/mol. The molecule has 2 nitrogen and oxygen atoms in total. The van der Waals surface area contributed by atoms with E-state index in [1.54, 1.807) is 0 Å². The Morgan fingerprint density at radius 3 is 2.44 bits per heavy atom. The smallest absolute Gasteiger partial charge is 0.156 e.